The Morgan fingerprint density at radius 1 is 1.03 bits per heavy atom. The molecule has 0 radical (unpaired) electrons. The molecule has 9 heteroatoms. The van der Waals surface area contributed by atoms with E-state index in [1.54, 1.807) is 53.4 Å². The summed E-state index contributed by atoms with van der Waals surface area (Å²) in [5.41, 5.74) is 3.28. The lowest BCUT2D eigenvalue weighted by Gasteiger charge is -2.37. The highest BCUT2D eigenvalue weighted by Crippen LogP contribution is 2.43. The number of hydrogen-bond acceptors (Lipinski definition) is 5. The number of amides is 2. The molecule has 3 aromatic rings. The molecule has 4 heterocycles. The Morgan fingerprint density at radius 2 is 1.76 bits per heavy atom. The second-order valence-electron chi connectivity index (χ2n) is 8.91. The van der Waals surface area contributed by atoms with Crippen molar-refractivity contribution in [3.8, 4) is 0 Å². The number of carbonyl (C=O) groups excluding carboxylic acids is 2. The Labute approximate surface area is 197 Å². The number of fused-ring (bicyclic) bond motifs is 1. The number of aryl methyl sites for hydroxylation is 1. The summed E-state index contributed by atoms with van der Waals surface area (Å²) in [5, 5.41) is 4.70. The molecule has 2 amide bonds. The third kappa shape index (κ3) is 3.54. The SMILES string of the molecule is Cn1nccc1C(=O)N1CCN(c2cncc(N3C(=O)c4ccc(Cl)cc4C3(C)C)c2)CC1. The molecular formula is C24H25ClN6O2. The quantitative estimate of drug-likeness (QED) is 0.594. The van der Waals surface area contributed by atoms with Gasteiger partial charge in [-0.05, 0) is 49.7 Å². The monoisotopic (exact) mass is 464 g/mol. The first-order chi connectivity index (χ1) is 15.8. The molecular weight excluding hydrogens is 440 g/mol. The van der Waals surface area contributed by atoms with Crippen LogP contribution in [0.4, 0.5) is 11.4 Å². The molecule has 0 unspecified atom stereocenters. The van der Waals surface area contributed by atoms with Gasteiger partial charge in [-0.3, -0.25) is 24.2 Å². The van der Waals surface area contributed by atoms with Gasteiger partial charge >= 0.3 is 0 Å². The number of halogens is 1. The summed E-state index contributed by atoms with van der Waals surface area (Å²) in [5.74, 6) is -0.0698. The average molecular weight is 465 g/mol. The normalized spacial score (nSPS) is 17.5. The zero-order valence-electron chi connectivity index (χ0n) is 18.8. The van der Waals surface area contributed by atoms with Gasteiger partial charge in [-0.1, -0.05) is 11.6 Å². The first kappa shape index (κ1) is 21.5. The van der Waals surface area contributed by atoms with E-state index in [-0.39, 0.29) is 11.8 Å². The van der Waals surface area contributed by atoms with E-state index in [2.05, 4.69) is 15.0 Å². The van der Waals surface area contributed by atoms with Crippen molar-refractivity contribution in [2.24, 2.45) is 7.05 Å². The van der Waals surface area contributed by atoms with Gasteiger partial charge in [-0.15, -0.1) is 0 Å². The van der Waals surface area contributed by atoms with Crippen molar-refractivity contribution < 1.29 is 9.59 Å². The first-order valence-electron chi connectivity index (χ1n) is 10.9. The van der Waals surface area contributed by atoms with Crippen molar-refractivity contribution in [3.05, 3.63) is 70.8 Å². The van der Waals surface area contributed by atoms with E-state index in [1.807, 2.05) is 30.9 Å². The first-order valence-corrected chi connectivity index (χ1v) is 11.3. The number of hydrogen-bond donors (Lipinski definition) is 0. The molecule has 1 saturated heterocycles. The number of nitrogens with zero attached hydrogens (tertiary/aromatic N) is 6. The highest BCUT2D eigenvalue weighted by molar-refractivity contribution is 6.31. The minimum Gasteiger partial charge on any atom is -0.367 e. The molecule has 8 nitrogen and oxygen atoms in total. The molecule has 0 spiro atoms. The van der Waals surface area contributed by atoms with E-state index >= 15 is 0 Å². The summed E-state index contributed by atoms with van der Waals surface area (Å²) in [4.78, 5) is 36.3. The van der Waals surface area contributed by atoms with Gasteiger partial charge in [0, 0.05) is 50.0 Å². The van der Waals surface area contributed by atoms with Gasteiger partial charge in [0.2, 0.25) is 0 Å². The molecule has 0 saturated carbocycles. The maximum absolute atomic E-state index is 13.3. The Balaban J connectivity index is 1.35. The van der Waals surface area contributed by atoms with Crippen LogP contribution in [0.2, 0.25) is 5.02 Å². The predicted molar refractivity (Wildman–Crippen MR) is 127 cm³/mol. The Kier molecular flexibility index (Phi) is 5.12. The lowest BCUT2D eigenvalue weighted by Crippen LogP contribution is -2.49. The zero-order valence-corrected chi connectivity index (χ0v) is 19.6. The maximum Gasteiger partial charge on any atom is 0.272 e. The second kappa shape index (κ2) is 7.88. The highest BCUT2D eigenvalue weighted by atomic mass is 35.5. The van der Waals surface area contributed by atoms with Crippen LogP contribution in [0.1, 0.15) is 40.3 Å². The fraction of sp³-hybridized carbons (Fsp3) is 0.333. The fourth-order valence-corrected chi connectivity index (χ4v) is 4.94. The average Bonchev–Trinajstić information content (AvgIpc) is 3.32. The molecule has 0 aliphatic carbocycles. The summed E-state index contributed by atoms with van der Waals surface area (Å²) in [7, 11) is 1.77. The molecule has 170 valence electrons. The van der Waals surface area contributed by atoms with E-state index in [4.69, 9.17) is 11.6 Å². The smallest absolute Gasteiger partial charge is 0.272 e. The van der Waals surface area contributed by atoms with Crippen LogP contribution < -0.4 is 9.80 Å². The van der Waals surface area contributed by atoms with Crippen LogP contribution in [0.25, 0.3) is 0 Å². The number of rotatable bonds is 3. The number of piperazine rings is 1. The lowest BCUT2D eigenvalue weighted by molar-refractivity contribution is 0.0735. The predicted octanol–water partition coefficient (Wildman–Crippen LogP) is 3.33. The molecule has 1 fully saturated rings. The molecule has 0 bridgehead atoms. The van der Waals surface area contributed by atoms with Gasteiger partial charge in [0.15, 0.2) is 0 Å². The van der Waals surface area contributed by atoms with Crippen LogP contribution in [-0.4, -0.2) is 57.7 Å². The molecule has 5 rings (SSSR count). The van der Waals surface area contributed by atoms with Gasteiger partial charge in [0.1, 0.15) is 5.69 Å². The lowest BCUT2D eigenvalue weighted by atomic mass is 9.93. The minimum atomic E-state index is -0.550. The molecule has 33 heavy (non-hydrogen) atoms. The standard InChI is InChI=1S/C24H25ClN6O2/c1-24(2)20-12-16(25)4-5-19(20)22(32)31(24)18-13-17(14-26-15-18)29-8-10-30(11-9-29)23(33)21-6-7-27-28(21)3/h4-7,12-15H,8-11H2,1-3H3. The molecule has 1 aromatic carbocycles. The van der Waals surface area contributed by atoms with Gasteiger partial charge in [-0.25, -0.2) is 0 Å². The number of benzene rings is 1. The third-order valence-electron chi connectivity index (χ3n) is 6.57. The largest absolute Gasteiger partial charge is 0.367 e. The van der Waals surface area contributed by atoms with Crippen molar-refractivity contribution in [2.45, 2.75) is 19.4 Å². The van der Waals surface area contributed by atoms with Crippen LogP contribution >= 0.6 is 11.6 Å². The number of aromatic nitrogens is 3. The molecule has 0 atom stereocenters. The molecule has 2 aliphatic heterocycles. The molecule has 2 aliphatic rings. The minimum absolute atomic E-state index is 0.0117. The van der Waals surface area contributed by atoms with Crippen LogP contribution in [0, 0.1) is 0 Å². The third-order valence-corrected chi connectivity index (χ3v) is 6.81. The van der Waals surface area contributed by atoms with Crippen LogP contribution in [0.5, 0.6) is 0 Å². The van der Waals surface area contributed by atoms with Crippen LogP contribution in [0.15, 0.2) is 48.9 Å². The summed E-state index contributed by atoms with van der Waals surface area (Å²) >= 11 is 6.21. The van der Waals surface area contributed by atoms with Gasteiger partial charge in [0.25, 0.3) is 11.8 Å². The van der Waals surface area contributed by atoms with Crippen molar-refractivity contribution in [1.82, 2.24) is 19.7 Å². The Hall–Kier alpha value is -3.39. The summed E-state index contributed by atoms with van der Waals surface area (Å²) in [6, 6.07) is 9.14. The molecule has 2 aromatic heterocycles. The highest BCUT2D eigenvalue weighted by Gasteiger charge is 2.44. The van der Waals surface area contributed by atoms with E-state index in [0.29, 0.717) is 42.5 Å². The number of anilines is 2. The van der Waals surface area contributed by atoms with E-state index < -0.39 is 5.54 Å². The van der Waals surface area contributed by atoms with Gasteiger partial charge in [0.05, 0.1) is 29.3 Å². The van der Waals surface area contributed by atoms with Crippen molar-refractivity contribution in [2.75, 3.05) is 36.0 Å². The summed E-state index contributed by atoms with van der Waals surface area (Å²) < 4.78 is 1.60. The van der Waals surface area contributed by atoms with Crippen LogP contribution in [0.3, 0.4) is 0 Å². The van der Waals surface area contributed by atoms with Gasteiger partial charge < -0.3 is 9.80 Å². The summed E-state index contributed by atoms with van der Waals surface area (Å²) in [6.45, 7) is 6.60. The second-order valence-corrected chi connectivity index (χ2v) is 9.35. The Morgan fingerprint density at radius 3 is 2.45 bits per heavy atom. The number of pyridine rings is 1. The van der Waals surface area contributed by atoms with Gasteiger partial charge in [-0.2, -0.15) is 5.10 Å². The van der Waals surface area contributed by atoms with E-state index in [1.165, 1.54) is 0 Å². The maximum atomic E-state index is 13.3. The zero-order chi connectivity index (χ0) is 23.3. The van der Waals surface area contributed by atoms with E-state index in [0.717, 1.165) is 16.9 Å². The van der Waals surface area contributed by atoms with Crippen LogP contribution in [-0.2, 0) is 12.6 Å². The molecule has 0 N–H and O–H groups in total. The van der Waals surface area contributed by atoms with E-state index in [9.17, 15) is 9.59 Å². The topological polar surface area (TPSA) is 74.6 Å². The van der Waals surface area contributed by atoms with Crippen molar-refractivity contribution in [1.29, 1.82) is 0 Å². The summed E-state index contributed by atoms with van der Waals surface area (Å²) in [6.07, 6.45) is 5.16. The van der Waals surface area contributed by atoms with Crippen molar-refractivity contribution in [3.63, 3.8) is 0 Å². The fourth-order valence-electron chi connectivity index (χ4n) is 4.77. The van der Waals surface area contributed by atoms with Crippen molar-refractivity contribution >= 4 is 34.8 Å². The Bertz CT molecular complexity index is 1250. The number of carbonyl (C=O) groups is 2.